The number of hydrogen-bond acceptors (Lipinski definition) is 11. The second-order valence-corrected chi connectivity index (χ2v) is 13.3. The Morgan fingerprint density at radius 1 is 0.574 bits per heavy atom. The van der Waals surface area contributed by atoms with Crippen LogP contribution in [0.25, 0.3) is 0 Å². The number of hydrogen-bond donors (Lipinski definition) is 3. The van der Waals surface area contributed by atoms with Crippen molar-refractivity contribution in [2.24, 2.45) is 0 Å². The van der Waals surface area contributed by atoms with Crippen molar-refractivity contribution >= 4 is 11.9 Å². The molecule has 0 unspecified atom stereocenters. The maximum Gasteiger partial charge on any atom is 0.306 e. The first-order valence-corrected chi connectivity index (χ1v) is 18.9. The number of carbonyl (C=O) groups is 2. The minimum absolute atomic E-state index is 0.202. The normalized spacial score (nSPS) is 23.5. The molecule has 0 spiro atoms. The molecule has 276 valence electrons. The Balaban J connectivity index is 1.70. The van der Waals surface area contributed by atoms with Gasteiger partial charge < -0.3 is 34.3 Å². The third-order valence-corrected chi connectivity index (χ3v) is 8.98. The predicted octanol–water partition coefficient (Wildman–Crippen LogP) is 6.57. The lowest BCUT2D eigenvalue weighted by Gasteiger charge is -2.39. The standard InChI is InChI=1S/C36H66O11/c1-3-5-7-9-11-13-14-15-16-17-19-21-23-25-30(38)44-28(26-42-29(37)24-22-20-18-12-10-8-6-4-2)27-43-35-33(41)31(39)32(40)34(45-35)36-46-47-36/h28,31-36,39-41H,3-27H2,1-2H3/t28-,31+,32-,33-,34+,35-/m1/s1. The fourth-order valence-corrected chi connectivity index (χ4v) is 5.89. The lowest BCUT2D eigenvalue weighted by atomic mass is 9.99. The first-order chi connectivity index (χ1) is 22.9. The average Bonchev–Trinajstić information content (AvgIpc) is 3.91. The first-order valence-electron chi connectivity index (χ1n) is 18.9. The number of esters is 2. The molecule has 2 aliphatic heterocycles. The number of unbranched alkanes of at least 4 members (excludes halogenated alkanes) is 19. The van der Waals surface area contributed by atoms with Gasteiger partial charge in [0.15, 0.2) is 12.4 Å². The van der Waals surface area contributed by atoms with E-state index in [-0.39, 0.29) is 32.0 Å². The van der Waals surface area contributed by atoms with E-state index >= 15 is 0 Å². The largest absolute Gasteiger partial charge is 0.462 e. The predicted molar refractivity (Wildman–Crippen MR) is 177 cm³/mol. The van der Waals surface area contributed by atoms with Gasteiger partial charge in [0.05, 0.1) is 6.61 Å². The van der Waals surface area contributed by atoms with Crippen LogP contribution < -0.4 is 0 Å². The van der Waals surface area contributed by atoms with E-state index < -0.39 is 49.1 Å². The second-order valence-electron chi connectivity index (χ2n) is 13.3. The summed E-state index contributed by atoms with van der Waals surface area (Å²) in [7, 11) is 0. The molecule has 0 radical (unpaired) electrons. The third-order valence-electron chi connectivity index (χ3n) is 8.98. The molecule has 0 aromatic rings. The topological polar surface area (TPSA) is 157 Å². The molecule has 2 heterocycles. The molecule has 0 aromatic heterocycles. The summed E-state index contributed by atoms with van der Waals surface area (Å²) in [6.07, 6.45) is 16.4. The van der Waals surface area contributed by atoms with Crippen LogP contribution in [0.1, 0.15) is 162 Å². The zero-order valence-corrected chi connectivity index (χ0v) is 29.3. The summed E-state index contributed by atoms with van der Waals surface area (Å²) in [4.78, 5) is 34.5. The van der Waals surface area contributed by atoms with E-state index in [1.165, 1.54) is 96.3 Å². The van der Waals surface area contributed by atoms with Crippen molar-refractivity contribution in [3.63, 3.8) is 0 Å². The zero-order chi connectivity index (χ0) is 34.1. The average molecular weight is 675 g/mol. The number of aliphatic hydroxyl groups is 3. The SMILES string of the molecule is CCCCCCCCCCCCCCCC(=O)O[C@H](COC(=O)CCCCCCCCCC)CO[C@@H]1O[C@H](C2OO2)[C@H](O)[C@H](O)[C@H]1O. The van der Waals surface area contributed by atoms with Gasteiger partial charge >= 0.3 is 11.9 Å². The highest BCUT2D eigenvalue weighted by Crippen LogP contribution is 2.31. The van der Waals surface area contributed by atoms with E-state index in [1.807, 2.05) is 0 Å². The summed E-state index contributed by atoms with van der Waals surface area (Å²) in [6, 6.07) is 0. The fraction of sp³-hybridized carbons (Fsp3) is 0.944. The van der Waals surface area contributed by atoms with Gasteiger partial charge in [-0.3, -0.25) is 9.59 Å². The van der Waals surface area contributed by atoms with Crippen LogP contribution in [0.15, 0.2) is 0 Å². The minimum atomic E-state index is -1.56. The molecule has 2 saturated heterocycles. The van der Waals surface area contributed by atoms with E-state index in [9.17, 15) is 24.9 Å². The molecule has 0 aromatic carbocycles. The molecule has 2 aliphatic rings. The van der Waals surface area contributed by atoms with Crippen LogP contribution >= 0.6 is 0 Å². The molecule has 3 N–H and O–H groups in total. The second kappa shape index (κ2) is 26.5. The molecule has 0 bridgehead atoms. The van der Waals surface area contributed by atoms with Crippen molar-refractivity contribution in [2.45, 2.75) is 205 Å². The van der Waals surface area contributed by atoms with E-state index in [2.05, 4.69) is 13.8 Å². The van der Waals surface area contributed by atoms with E-state index in [0.717, 1.165) is 32.1 Å². The molecule has 11 heteroatoms. The van der Waals surface area contributed by atoms with Gasteiger partial charge in [-0.1, -0.05) is 136 Å². The van der Waals surface area contributed by atoms with Crippen LogP contribution in [-0.2, 0) is 38.3 Å². The van der Waals surface area contributed by atoms with Crippen LogP contribution in [0, 0.1) is 0 Å². The van der Waals surface area contributed by atoms with Gasteiger partial charge in [0.25, 0.3) is 6.29 Å². The maximum atomic E-state index is 12.7. The first kappa shape index (κ1) is 41.8. The summed E-state index contributed by atoms with van der Waals surface area (Å²) in [6.45, 7) is 3.99. The molecular weight excluding hydrogens is 608 g/mol. The van der Waals surface area contributed by atoms with Gasteiger partial charge in [-0.05, 0) is 12.8 Å². The molecule has 2 rings (SSSR count). The number of aliphatic hydroxyl groups excluding tert-OH is 3. The third kappa shape index (κ3) is 19.4. The van der Waals surface area contributed by atoms with Crippen molar-refractivity contribution in [1.82, 2.24) is 0 Å². The lowest BCUT2D eigenvalue weighted by Crippen LogP contribution is -2.60. The monoisotopic (exact) mass is 674 g/mol. The Morgan fingerprint density at radius 2 is 1.02 bits per heavy atom. The number of rotatable bonds is 30. The van der Waals surface area contributed by atoms with Gasteiger partial charge in [0, 0.05) is 12.8 Å². The van der Waals surface area contributed by atoms with Gasteiger partial charge in [0.2, 0.25) is 0 Å². The van der Waals surface area contributed by atoms with Crippen LogP contribution in [0.4, 0.5) is 0 Å². The quantitative estimate of drug-likeness (QED) is 0.0328. The van der Waals surface area contributed by atoms with Gasteiger partial charge in [0.1, 0.15) is 31.0 Å². The molecule has 0 amide bonds. The Bertz CT molecular complexity index is 793. The molecule has 6 atom stereocenters. The van der Waals surface area contributed by atoms with Crippen molar-refractivity contribution in [3.05, 3.63) is 0 Å². The highest BCUT2D eigenvalue weighted by Gasteiger charge is 2.52. The van der Waals surface area contributed by atoms with Crippen molar-refractivity contribution in [1.29, 1.82) is 0 Å². The smallest absolute Gasteiger partial charge is 0.306 e. The zero-order valence-electron chi connectivity index (χ0n) is 29.3. The molecular formula is C36H66O11. The highest BCUT2D eigenvalue weighted by atomic mass is 17.4. The van der Waals surface area contributed by atoms with Crippen molar-refractivity contribution in [2.75, 3.05) is 13.2 Å². The fourth-order valence-electron chi connectivity index (χ4n) is 5.89. The summed E-state index contributed by atoms with van der Waals surface area (Å²) < 4.78 is 22.3. The Hall–Kier alpha value is -1.34. The van der Waals surface area contributed by atoms with E-state index in [4.69, 9.17) is 28.7 Å². The van der Waals surface area contributed by atoms with Gasteiger partial charge in [-0.15, -0.1) is 0 Å². The Kier molecular flexibility index (Phi) is 23.6. The minimum Gasteiger partial charge on any atom is -0.462 e. The molecule has 2 fully saturated rings. The van der Waals surface area contributed by atoms with Gasteiger partial charge in [-0.25, -0.2) is 0 Å². The molecule has 11 nitrogen and oxygen atoms in total. The highest BCUT2D eigenvalue weighted by molar-refractivity contribution is 5.70. The lowest BCUT2D eigenvalue weighted by molar-refractivity contribution is -0.304. The van der Waals surface area contributed by atoms with E-state index in [1.54, 1.807) is 0 Å². The van der Waals surface area contributed by atoms with Crippen molar-refractivity contribution in [3.8, 4) is 0 Å². The summed E-state index contributed by atoms with van der Waals surface area (Å²) in [5.74, 6) is -0.789. The van der Waals surface area contributed by atoms with Crippen LogP contribution in [-0.4, -0.2) is 83.6 Å². The maximum absolute atomic E-state index is 12.7. The van der Waals surface area contributed by atoms with Crippen LogP contribution in [0.5, 0.6) is 0 Å². The van der Waals surface area contributed by atoms with Crippen molar-refractivity contribution < 1.29 is 53.6 Å². The Morgan fingerprint density at radius 3 is 1.49 bits per heavy atom. The summed E-state index contributed by atoms with van der Waals surface area (Å²) >= 11 is 0. The molecule has 0 aliphatic carbocycles. The Labute approximate surface area is 283 Å². The summed E-state index contributed by atoms with van der Waals surface area (Å²) in [5, 5.41) is 30.8. The van der Waals surface area contributed by atoms with E-state index in [0.29, 0.717) is 6.42 Å². The number of ether oxygens (including phenoxy) is 4. The summed E-state index contributed by atoms with van der Waals surface area (Å²) in [5.41, 5.74) is 0. The molecule has 0 saturated carbocycles. The van der Waals surface area contributed by atoms with Gasteiger partial charge in [-0.2, -0.15) is 9.78 Å². The van der Waals surface area contributed by atoms with Crippen LogP contribution in [0.3, 0.4) is 0 Å². The number of carbonyl (C=O) groups excluding carboxylic acids is 2. The van der Waals surface area contributed by atoms with Crippen LogP contribution in [0.2, 0.25) is 0 Å². The molecule has 47 heavy (non-hydrogen) atoms.